The van der Waals surface area contributed by atoms with Gasteiger partial charge in [-0.1, -0.05) is 26.7 Å². The van der Waals surface area contributed by atoms with Gasteiger partial charge in [0.1, 0.15) is 5.82 Å². The number of hydrogen-bond donors (Lipinski definition) is 0. The van der Waals surface area contributed by atoms with E-state index < -0.39 is 0 Å². The third-order valence-electron chi connectivity index (χ3n) is 3.23. The van der Waals surface area contributed by atoms with Crippen molar-refractivity contribution in [3.05, 3.63) is 17.0 Å². The second-order valence-corrected chi connectivity index (χ2v) is 4.70. The molecular formula is C13H22ClN3. The molecule has 1 aromatic rings. The average molecular weight is 256 g/mol. The van der Waals surface area contributed by atoms with Crippen molar-refractivity contribution < 1.29 is 0 Å². The molecule has 4 heteroatoms. The summed E-state index contributed by atoms with van der Waals surface area (Å²) in [5.74, 6) is 1.68. The van der Waals surface area contributed by atoms with Gasteiger partial charge in [-0.2, -0.15) is 0 Å². The van der Waals surface area contributed by atoms with E-state index in [1.54, 1.807) is 6.20 Å². The second-order valence-electron chi connectivity index (χ2n) is 4.37. The molecule has 0 atom stereocenters. The van der Waals surface area contributed by atoms with E-state index in [0.29, 0.717) is 11.2 Å². The molecule has 1 rings (SSSR count). The molecule has 0 saturated carbocycles. The van der Waals surface area contributed by atoms with E-state index in [2.05, 4.69) is 35.6 Å². The maximum Gasteiger partial charge on any atom is 0.224 e. The Hall–Kier alpha value is -0.830. The highest BCUT2D eigenvalue weighted by Gasteiger charge is 2.14. The number of aryl methyl sites for hydroxylation is 1. The lowest BCUT2D eigenvalue weighted by Crippen LogP contribution is -2.30. The molecule has 0 unspecified atom stereocenters. The van der Waals surface area contributed by atoms with Crippen LogP contribution in [0.2, 0.25) is 5.28 Å². The third kappa shape index (κ3) is 3.84. The molecule has 96 valence electrons. The molecule has 0 fully saturated rings. The number of halogens is 1. The molecule has 1 heterocycles. The summed E-state index contributed by atoms with van der Waals surface area (Å²) >= 11 is 5.87. The van der Waals surface area contributed by atoms with E-state index >= 15 is 0 Å². The molecule has 0 spiro atoms. The number of anilines is 1. The Morgan fingerprint density at radius 1 is 1.29 bits per heavy atom. The maximum atomic E-state index is 5.87. The van der Waals surface area contributed by atoms with Crippen molar-refractivity contribution in [3.8, 4) is 0 Å². The average Bonchev–Trinajstić information content (AvgIpc) is 2.34. The summed E-state index contributed by atoms with van der Waals surface area (Å²) in [7, 11) is 0. The SMILES string of the molecule is CCC(CC)CN(CC)c1nc(Cl)ncc1C. The van der Waals surface area contributed by atoms with Crippen molar-refractivity contribution in [3.63, 3.8) is 0 Å². The molecular weight excluding hydrogens is 234 g/mol. The first-order chi connectivity index (χ1) is 8.12. The summed E-state index contributed by atoms with van der Waals surface area (Å²) < 4.78 is 0. The predicted molar refractivity (Wildman–Crippen MR) is 73.7 cm³/mol. The molecule has 17 heavy (non-hydrogen) atoms. The highest BCUT2D eigenvalue weighted by Crippen LogP contribution is 2.20. The Morgan fingerprint density at radius 3 is 2.47 bits per heavy atom. The Morgan fingerprint density at radius 2 is 1.94 bits per heavy atom. The minimum absolute atomic E-state index is 0.327. The van der Waals surface area contributed by atoms with Crippen molar-refractivity contribution in [2.24, 2.45) is 5.92 Å². The number of nitrogens with zero attached hydrogens (tertiary/aromatic N) is 3. The summed E-state index contributed by atoms with van der Waals surface area (Å²) in [5.41, 5.74) is 1.09. The first-order valence-corrected chi connectivity index (χ1v) is 6.74. The van der Waals surface area contributed by atoms with Crippen LogP contribution in [0, 0.1) is 12.8 Å². The molecule has 0 aliphatic heterocycles. The standard InChI is InChI=1S/C13H22ClN3/c1-5-11(6-2)9-17(7-3)12-10(4)8-15-13(14)16-12/h8,11H,5-7,9H2,1-4H3. The van der Waals surface area contributed by atoms with Gasteiger partial charge in [-0.3, -0.25) is 0 Å². The van der Waals surface area contributed by atoms with Crippen LogP contribution in [-0.2, 0) is 0 Å². The first-order valence-electron chi connectivity index (χ1n) is 6.36. The van der Waals surface area contributed by atoms with Gasteiger partial charge in [-0.05, 0) is 31.4 Å². The normalized spacial score (nSPS) is 10.9. The van der Waals surface area contributed by atoms with Gasteiger partial charge in [0, 0.05) is 24.8 Å². The van der Waals surface area contributed by atoms with E-state index in [1.165, 1.54) is 12.8 Å². The van der Waals surface area contributed by atoms with Crippen LogP contribution in [0.15, 0.2) is 6.20 Å². The van der Waals surface area contributed by atoms with E-state index in [1.807, 2.05) is 6.92 Å². The van der Waals surface area contributed by atoms with Crippen LogP contribution in [0.4, 0.5) is 5.82 Å². The van der Waals surface area contributed by atoms with Crippen LogP contribution in [0.3, 0.4) is 0 Å². The fourth-order valence-electron chi connectivity index (χ4n) is 1.96. The Kier molecular flexibility index (Phi) is 5.69. The van der Waals surface area contributed by atoms with Gasteiger partial charge in [0.05, 0.1) is 0 Å². The number of hydrogen-bond acceptors (Lipinski definition) is 3. The minimum Gasteiger partial charge on any atom is -0.356 e. The minimum atomic E-state index is 0.327. The molecule has 0 aliphatic rings. The third-order valence-corrected chi connectivity index (χ3v) is 3.41. The lowest BCUT2D eigenvalue weighted by Gasteiger charge is -2.27. The van der Waals surface area contributed by atoms with Gasteiger partial charge in [-0.15, -0.1) is 0 Å². The first kappa shape index (κ1) is 14.2. The van der Waals surface area contributed by atoms with Gasteiger partial charge in [-0.25, -0.2) is 9.97 Å². The monoisotopic (exact) mass is 255 g/mol. The number of aromatic nitrogens is 2. The van der Waals surface area contributed by atoms with Gasteiger partial charge >= 0.3 is 0 Å². The van der Waals surface area contributed by atoms with E-state index in [-0.39, 0.29) is 0 Å². The van der Waals surface area contributed by atoms with Crippen LogP contribution in [0.5, 0.6) is 0 Å². The summed E-state index contributed by atoms with van der Waals surface area (Å²) in [5, 5.41) is 0.327. The van der Waals surface area contributed by atoms with Crippen molar-refractivity contribution in [1.82, 2.24) is 9.97 Å². The van der Waals surface area contributed by atoms with E-state index in [4.69, 9.17) is 11.6 Å². The van der Waals surface area contributed by atoms with Crippen molar-refractivity contribution in [2.75, 3.05) is 18.0 Å². The molecule has 0 bridgehead atoms. The van der Waals surface area contributed by atoms with E-state index in [0.717, 1.165) is 24.5 Å². The van der Waals surface area contributed by atoms with Crippen LogP contribution in [0.25, 0.3) is 0 Å². The topological polar surface area (TPSA) is 29.0 Å². The van der Waals surface area contributed by atoms with Crippen molar-refractivity contribution >= 4 is 17.4 Å². The molecule has 0 amide bonds. The summed E-state index contributed by atoms with van der Waals surface area (Å²) in [6.45, 7) is 10.6. The zero-order valence-electron chi connectivity index (χ0n) is 11.2. The predicted octanol–water partition coefficient (Wildman–Crippen LogP) is 3.70. The molecule has 0 radical (unpaired) electrons. The number of rotatable bonds is 6. The van der Waals surface area contributed by atoms with Crippen LogP contribution in [-0.4, -0.2) is 23.1 Å². The maximum absolute atomic E-state index is 5.87. The molecule has 3 nitrogen and oxygen atoms in total. The van der Waals surface area contributed by atoms with Gasteiger partial charge in [0.25, 0.3) is 0 Å². The molecule has 0 N–H and O–H groups in total. The Balaban J connectivity index is 2.89. The highest BCUT2D eigenvalue weighted by atomic mass is 35.5. The zero-order valence-corrected chi connectivity index (χ0v) is 12.0. The van der Waals surface area contributed by atoms with Crippen LogP contribution >= 0.6 is 11.6 Å². The summed E-state index contributed by atoms with van der Waals surface area (Å²) in [6, 6.07) is 0. The molecule has 0 aromatic carbocycles. The van der Waals surface area contributed by atoms with Crippen molar-refractivity contribution in [2.45, 2.75) is 40.5 Å². The lowest BCUT2D eigenvalue weighted by molar-refractivity contribution is 0.484. The fourth-order valence-corrected chi connectivity index (χ4v) is 2.09. The summed E-state index contributed by atoms with van der Waals surface area (Å²) in [6.07, 6.45) is 4.19. The highest BCUT2D eigenvalue weighted by molar-refractivity contribution is 6.28. The Labute approximate surface area is 109 Å². The molecule has 0 aliphatic carbocycles. The van der Waals surface area contributed by atoms with Crippen molar-refractivity contribution in [1.29, 1.82) is 0 Å². The smallest absolute Gasteiger partial charge is 0.224 e. The zero-order chi connectivity index (χ0) is 12.8. The Bertz CT molecular complexity index is 351. The lowest BCUT2D eigenvalue weighted by atomic mass is 10.0. The van der Waals surface area contributed by atoms with Crippen LogP contribution < -0.4 is 4.90 Å². The van der Waals surface area contributed by atoms with E-state index in [9.17, 15) is 0 Å². The largest absolute Gasteiger partial charge is 0.356 e. The second kappa shape index (κ2) is 6.80. The quantitative estimate of drug-likeness (QED) is 0.726. The molecule has 1 aromatic heterocycles. The summed E-state index contributed by atoms with van der Waals surface area (Å²) in [4.78, 5) is 10.6. The van der Waals surface area contributed by atoms with Gasteiger partial charge < -0.3 is 4.90 Å². The van der Waals surface area contributed by atoms with Crippen LogP contribution in [0.1, 0.15) is 39.2 Å². The fraction of sp³-hybridized carbons (Fsp3) is 0.692. The van der Waals surface area contributed by atoms with Gasteiger partial charge in [0.2, 0.25) is 5.28 Å². The molecule has 0 saturated heterocycles. The van der Waals surface area contributed by atoms with Gasteiger partial charge in [0.15, 0.2) is 0 Å².